The zero-order valence-corrected chi connectivity index (χ0v) is 19.2. The molecule has 0 saturated carbocycles. The van der Waals surface area contributed by atoms with Crippen molar-refractivity contribution in [2.75, 3.05) is 0 Å². The molecule has 0 aromatic carbocycles. The number of nitrogens with one attached hydrogen (secondary N) is 4. The van der Waals surface area contributed by atoms with E-state index in [2.05, 4.69) is 76.7 Å². The van der Waals surface area contributed by atoms with Crippen LogP contribution in [0.25, 0.3) is 0 Å². The average molecular weight is 395 g/mol. The molecule has 6 nitrogen and oxygen atoms in total. The van der Waals surface area contributed by atoms with E-state index in [-0.39, 0.29) is 58.9 Å². The third-order valence-corrected chi connectivity index (χ3v) is 5.69. The van der Waals surface area contributed by atoms with E-state index in [1.54, 1.807) is 0 Å². The van der Waals surface area contributed by atoms with Crippen molar-refractivity contribution in [1.29, 1.82) is 0 Å². The zero-order valence-electron chi connectivity index (χ0n) is 19.2. The van der Waals surface area contributed by atoms with Crippen LogP contribution in [0.15, 0.2) is 0 Å². The highest BCUT2D eigenvalue weighted by Gasteiger charge is 2.39. The molecule has 0 unspecified atom stereocenters. The molecule has 4 N–H and O–H groups in total. The van der Waals surface area contributed by atoms with Gasteiger partial charge in [0.1, 0.15) is 0 Å². The van der Waals surface area contributed by atoms with Crippen molar-refractivity contribution in [3.05, 3.63) is 0 Å². The van der Waals surface area contributed by atoms with Gasteiger partial charge >= 0.3 is 0 Å². The summed E-state index contributed by atoms with van der Waals surface area (Å²) < 4.78 is 0. The molecular formula is C22H42N4O2. The van der Waals surface area contributed by atoms with E-state index >= 15 is 0 Å². The lowest BCUT2D eigenvalue weighted by molar-refractivity contribution is -0.127. The maximum absolute atomic E-state index is 12.4. The highest BCUT2D eigenvalue weighted by Crippen LogP contribution is 2.29. The van der Waals surface area contributed by atoms with Gasteiger partial charge in [-0.3, -0.25) is 9.59 Å². The summed E-state index contributed by atoms with van der Waals surface area (Å²) in [6.45, 7) is 17.4. The molecule has 28 heavy (non-hydrogen) atoms. The molecule has 162 valence electrons. The van der Waals surface area contributed by atoms with Crippen LogP contribution in [0.3, 0.4) is 0 Å². The maximum atomic E-state index is 12.4. The standard InChI is InChI=1S/C22H42N4O2/c1-19(2)11-15(12-20(3,4)25-19)23-17(27)9-10-18(28)24-16-13-21(5,6)26-22(7,8)14-16/h15-16,25-26H,9-14H2,1-8H3,(H,23,27)(H,24,28). The van der Waals surface area contributed by atoms with E-state index in [4.69, 9.17) is 0 Å². The molecule has 6 heteroatoms. The van der Waals surface area contributed by atoms with E-state index in [0.717, 1.165) is 25.7 Å². The molecule has 2 amide bonds. The molecule has 0 radical (unpaired) electrons. The third kappa shape index (κ3) is 7.36. The molecule has 0 aromatic heterocycles. The molecule has 2 rings (SSSR count). The van der Waals surface area contributed by atoms with Gasteiger partial charge in [-0.1, -0.05) is 0 Å². The second kappa shape index (κ2) is 7.94. The van der Waals surface area contributed by atoms with Gasteiger partial charge in [-0.25, -0.2) is 0 Å². The number of hydrogen-bond acceptors (Lipinski definition) is 4. The second-order valence-electron chi connectivity index (χ2n) is 11.6. The summed E-state index contributed by atoms with van der Waals surface area (Å²) in [5.74, 6) is -0.0563. The highest BCUT2D eigenvalue weighted by atomic mass is 16.2. The van der Waals surface area contributed by atoms with Gasteiger partial charge in [0, 0.05) is 47.1 Å². The molecule has 2 heterocycles. The largest absolute Gasteiger partial charge is 0.353 e. The van der Waals surface area contributed by atoms with Crippen LogP contribution >= 0.6 is 0 Å². The van der Waals surface area contributed by atoms with Gasteiger partial charge in [-0.05, 0) is 81.1 Å². The predicted molar refractivity (Wildman–Crippen MR) is 114 cm³/mol. The number of amides is 2. The van der Waals surface area contributed by atoms with Crippen molar-refractivity contribution in [3.63, 3.8) is 0 Å². The van der Waals surface area contributed by atoms with Gasteiger partial charge < -0.3 is 21.3 Å². The first-order chi connectivity index (χ1) is 12.6. The van der Waals surface area contributed by atoms with Gasteiger partial charge in [0.05, 0.1) is 0 Å². The first-order valence-corrected chi connectivity index (χ1v) is 10.7. The lowest BCUT2D eigenvalue weighted by Crippen LogP contribution is -2.62. The lowest BCUT2D eigenvalue weighted by atomic mass is 9.79. The quantitative estimate of drug-likeness (QED) is 0.578. The van der Waals surface area contributed by atoms with Crippen LogP contribution in [-0.4, -0.2) is 46.1 Å². The van der Waals surface area contributed by atoms with Crippen molar-refractivity contribution in [2.45, 2.75) is 128 Å². The minimum absolute atomic E-state index is 0.00824. The summed E-state index contributed by atoms with van der Waals surface area (Å²) in [4.78, 5) is 24.8. The van der Waals surface area contributed by atoms with Gasteiger partial charge in [0.15, 0.2) is 0 Å². The molecule has 2 aliphatic rings. The Kier molecular flexibility index (Phi) is 6.56. The maximum Gasteiger partial charge on any atom is 0.220 e. The highest BCUT2D eigenvalue weighted by molar-refractivity contribution is 5.84. The topological polar surface area (TPSA) is 82.3 Å². The molecule has 0 atom stereocenters. The van der Waals surface area contributed by atoms with Crippen molar-refractivity contribution in [1.82, 2.24) is 21.3 Å². The summed E-state index contributed by atoms with van der Waals surface area (Å²) in [7, 11) is 0. The fourth-order valence-electron chi connectivity index (χ4n) is 5.68. The molecule has 2 saturated heterocycles. The van der Waals surface area contributed by atoms with E-state index in [1.165, 1.54) is 0 Å². The number of carbonyl (C=O) groups excluding carboxylic acids is 2. The van der Waals surface area contributed by atoms with Crippen molar-refractivity contribution in [2.24, 2.45) is 0 Å². The SMILES string of the molecule is CC1(C)CC(NC(=O)CCC(=O)NC2CC(C)(C)NC(C)(C)C2)CC(C)(C)N1. The van der Waals surface area contributed by atoms with Crippen LogP contribution in [0.5, 0.6) is 0 Å². The van der Waals surface area contributed by atoms with E-state index in [0.29, 0.717) is 0 Å². The number of carbonyl (C=O) groups is 2. The van der Waals surface area contributed by atoms with Crippen LogP contribution in [-0.2, 0) is 9.59 Å². The second-order valence-corrected chi connectivity index (χ2v) is 11.6. The van der Waals surface area contributed by atoms with Gasteiger partial charge in [0.25, 0.3) is 0 Å². The molecule has 2 aliphatic heterocycles. The Balaban J connectivity index is 1.79. The Morgan fingerprint density at radius 1 is 0.643 bits per heavy atom. The van der Waals surface area contributed by atoms with Crippen molar-refractivity contribution >= 4 is 11.8 Å². The Hall–Kier alpha value is -1.14. The van der Waals surface area contributed by atoms with E-state index < -0.39 is 0 Å². The Bertz CT molecular complexity index is 511. The van der Waals surface area contributed by atoms with Crippen LogP contribution in [0, 0.1) is 0 Å². The molecule has 0 aromatic rings. The summed E-state index contributed by atoms with van der Waals surface area (Å²) in [5, 5.41) is 13.5. The smallest absolute Gasteiger partial charge is 0.220 e. The van der Waals surface area contributed by atoms with Crippen molar-refractivity contribution in [3.8, 4) is 0 Å². The normalized spacial score (nSPS) is 26.4. The number of piperidine rings is 2. The fourth-order valence-corrected chi connectivity index (χ4v) is 5.68. The van der Waals surface area contributed by atoms with Crippen LogP contribution in [0.4, 0.5) is 0 Å². The molecule has 0 spiro atoms. The van der Waals surface area contributed by atoms with Gasteiger partial charge in [0.2, 0.25) is 11.8 Å². The van der Waals surface area contributed by atoms with Gasteiger partial charge in [-0.15, -0.1) is 0 Å². The number of hydrogen-bond donors (Lipinski definition) is 4. The first-order valence-electron chi connectivity index (χ1n) is 10.7. The molecular weight excluding hydrogens is 352 g/mol. The lowest BCUT2D eigenvalue weighted by Gasteiger charge is -2.46. The van der Waals surface area contributed by atoms with Crippen LogP contribution < -0.4 is 21.3 Å². The minimum atomic E-state index is -0.0281. The third-order valence-electron chi connectivity index (χ3n) is 5.69. The number of rotatable bonds is 5. The summed E-state index contributed by atoms with van der Waals surface area (Å²) in [6, 6.07) is 0.292. The molecule has 2 fully saturated rings. The van der Waals surface area contributed by atoms with Crippen molar-refractivity contribution < 1.29 is 9.59 Å². The predicted octanol–water partition coefficient (Wildman–Crippen LogP) is 2.62. The molecule has 0 bridgehead atoms. The fraction of sp³-hybridized carbons (Fsp3) is 0.909. The summed E-state index contributed by atoms with van der Waals surface area (Å²) in [5.41, 5.74) is -0.0330. The minimum Gasteiger partial charge on any atom is -0.353 e. The van der Waals surface area contributed by atoms with E-state index in [1.807, 2.05) is 0 Å². The molecule has 0 aliphatic carbocycles. The Labute approximate surface area is 171 Å². The van der Waals surface area contributed by atoms with Gasteiger partial charge in [-0.2, -0.15) is 0 Å². The summed E-state index contributed by atoms with van der Waals surface area (Å²) >= 11 is 0. The average Bonchev–Trinajstić information content (AvgIpc) is 2.37. The van der Waals surface area contributed by atoms with E-state index in [9.17, 15) is 9.59 Å². The Morgan fingerprint density at radius 3 is 1.14 bits per heavy atom. The summed E-state index contributed by atoms with van der Waals surface area (Å²) in [6.07, 6.45) is 4.07. The first kappa shape index (κ1) is 23.1. The van der Waals surface area contributed by atoms with Crippen LogP contribution in [0.1, 0.15) is 93.9 Å². The van der Waals surface area contributed by atoms with Crippen LogP contribution in [0.2, 0.25) is 0 Å². The Morgan fingerprint density at radius 2 is 0.893 bits per heavy atom. The zero-order chi connectivity index (χ0) is 21.4. The monoisotopic (exact) mass is 394 g/mol.